The van der Waals surface area contributed by atoms with Crippen LogP contribution in [0.5, 0.6) is 5.75 Å². The van der Waals surface area contributed by atoms with Crippen LogP contribution >= 0.6 is 11.8 Å². The smallest absolute Gasteiger partial charge is 0.161 e. The van der Waals surface area contributed by atoms with Gasteiger partial charge in [-0.2, -0.15) is 0 Å². The lowest BCUT2D eigenvalue weighted by Gasteiger charge is -2.10. The molecule has 0 bridgehead atoms. The Bertz CT molecular complexity index is 392. The van der Waals surface area contributed by atoms with Crippen molar-refractivity contribution in [1.29, 1.82) is 0 Å². The van der Waals surface area contributed by atoms with Crippen molar-refractivity contribution in [2.24, 2.45) is 4.99 Å². The van der Waals surface area contributed by atoms with Gasteiger partial charge in [0.2, 0.25) is 0 Å². The van der Waals surface area contributed by atoms with E-state index in [2.05, 4.69) is 17.2 Å². The molecular formula is C12H16N2OS. The fraction of sp³-hybridized carbons (Fsp3) is 0.417. The molecule has 1 aromatic rings. The number of benzene rings is 1. The number of hydrogen-bond donors (Lipinski definition) is 1. The molecule has 1 unspecified atom stereocenters. The topological polar surface area (TPSA) is 33.6 Å². The number of aliphatic imine (C=N–C) groups is 1. The zero-order valence-electron chi connectivity index (χ0n) is 9.56. The van der Waals surface area contributed by atoms with E-state index < -0.39 is 0 Å². The molecule has 0 amide bonds. The predicted octanol–water partition coefficient (Wildman–Crippen LogP) is 2.99. The summed E-state index contributed by atoms with van der Waals surface area (Å²) >= 11 is 1.81. The third kappa shape index (κ3) is 2.50. The van der Waals surface area contributed by atoms with Gasteiger partial charge in [0.1, 0.15) is 5.75 Å². The summed E-state index contributed by atoms with van der Waals surface area (Å²) in [5.74, 6) is 0.853. The van der Waals surface area contributed by atoms with E-state index in [1.807, 2.05) is 36.0 Å². The third-order valence-corrected chi connectivity index (χ3v) is 3.79. The van der Waals surface area contributed by atoms with Crippen molar-refractivity contribution in [3.05, 3.63) is 24.3 Å². The van der Waals surface area contributed by atoms with Crippen LogP contribution in [0, 0.1) is 0 Å². The van der Waals surface area contributed by atoms with Crippen LogP contribution in [-0.2, 0) is 0 Å². The first-order chi connectivity index (χ1) is 7.83. The lowest BCUT2D eigenvalue weighted by Crippen LogP contribution is -2.07. The maximum absolute atomic E-state index is 5.28. The molecule has 86 valence electrons. The molecule has 0 radical (unpaired) electrons. The van der Waals surface area contributed by atoms with Gasteiger partial charge in [0.25, 0.3) is 0 Å². The van der Waals surface area contributed by atoms with Crippen LogP contribution in [-0.4, -0.2) is 24.1 Å². The predicted molar refractivity (Wildman–Crippen MR) is 70.6 cm³/mol. The highest BCUT2D eigenvalue weighted by atomic mass is 32.2. The first-order valence-corrected chi connectivity index (χ1v) is 6.32. The summed E-state index contributed by atoms with van der Waals surface area (Å²) < 4.78 is 5.28. The number of nitrogens with zero attached hydrogens (tertiary/aromatic N) is 1. The summed E-state index contributed by atoms with van der Waals surface area (Å²) in [5, 5.41) is 4.93. The zero-order valence-corrected chi connectivity index (χ0v) is 10.4. The maximum Gasteiger partial charge on any atom is 0.161 e. The molecule has 0 saturated carbocycles. The number of ether oxygens (including phenoxy) is 1. The van der Waals surface area contributed by atoms with Crippen LogP contribution in [0.1, 0.15) is 13.3 Å². The lowest BCUT2D eigenvalue weighted by atomic mass is 10.3. The molecule has 1 heterocycles. The van der Waals surface area contributed by atoms with E-state index in [0.717, 1.165) is 29.6 Å². The zero-order chi connectivity index (χ0) is 11.4. The van der Waals surface area contributed by atoms with Crippen molar-refractivity contribution in [2.45, 2.75) is 18.6 Å². The number of para-hydroxylation sites is 2. The van der Waals surface area contributed by atoms with Crippen molar-refractivity contribution in [3.8, 4) is 5.75 Å². The second-order valence-electron chi connectivity index (χ2n) is 3.62. The van der Waals surface area contributed by atoms with Gasteiger partial charge in [-0.05, 0) is 18.6 Å². The molecule has 4 heteroatoms. The standard InChI is InChI=1S/C12H16N2OS/c1-3-9-8-13-12(16-9)14-10-6-4-5-7-11(10)15-2/h4-7,9H,3,8H2,1-2H3,(H,13,14). The molecular weight excluding hydrogens is 220 g/mol. The largest absolute Gasteiger partial charge is 0.495 e. The summed E-state index contributed by atoms with van der Waals surface area (Å²) in [7, 11) is 1.68. The SMILES string of the molecule is CCC1CN=C(Nc2ccccc2OC)S1. The average Bonchev–Trinajstić information content (AvgIpc) is 2.77. The lowest BCUT2D eigenvalue weighted by molar-refractivity contribution is 0.417. The van der Waals surface area contributed by atoms with Gasteiger partial charge >= 0.3 is 0 Å². The van der Waals surface area contributed by atoms with E-state index in [1.165, 1.54) is 0 Å². The molecule has 0 saturated heterocycles. The quantitative estimate of drug-likeness (QED) is 0.876. The molecule has 1 aliphatic rings. The number of rotatable bonds is 3. The normalized spacial score (nSPS) is 19.4. The van der Waals surface area contributed by atoms with Gasteiger partial charge in [-0.3, -0.25) is 4.99 Å². The Hall–Kier alpha value is -1.16. The van der Waals surface area contributed by atoms with Gasteiger partial charge < -0.3 is 10.1 Å². The highest BCUT2D eigenvalue weighted by Crippen LogP contribution is 2.28. The van der Waals surface area contributed by atoms with Gasteiger partial charge in [0, 0.05) is 5.25 Å². The molecule has 0 aliphatic carbocycles. The first kappa shape index (κ1) is 11.3. The highest BCUT2D eigenvalue weighted by molar-refractivity contribution is 8.15. The number of nitrogens with one attached hydrogen (secondary N) is 1. The van der Waals surface area contributed by atoms with Gasteiger partial charge in [-0.15, -0.1) is 0 Å². The third-order valence-electron chi connectivity index (χ3n) is 2.52. The molecule has 2 rings (SSSR count). The fourth-order valence-corrected chi connectivity index (χ4v) is 2.51. The Morgan fingerprint density at radius 2 is 2.31 bits per heavy atom. The molecule has 0 aromatic heterocycles. The average molecular weight is 236 g/mol. The Labute approximate surface area is 100 Å². The van der Waals surface area contributed by atoms with E-state index in [4.69, 9.17) is 4.74 Å². The fourth-order valence-electron chi connectivity index (χ4n) is 1.56. The van der Waals surface area contributed by atoms with E-state index in [1.54, 1.807) is 7.11 Å². The summed E-state index contributed by atoms with van der Waals surface area (Å²) in [6, 6.07) is 7.89. The van der Waals surface area contributed by atoms with E-state index in [9.17, 15) is 0 Å². The minimum Gasteiger partial charge on any atom is -0.495 e. The van der Waals surface area contributed by atoms with E-state index in [-0.39, 0.29) is 0 Å². The maximum atomic E-state index is 5.28. The second-order valence-corrected chi connectivity index (χ2v) is 4.91. The summed E-state index contributed by atoms with van der Waals surface area (Å²) in [6.45, 7) is 3.11. The molecule has 0 spiro atoms. The van der Waals surface area contributed by atoms with Crippen molar-refractivity contribution < 1.29 is 4.74 Å². The minimum atomic E-state index is 0.622. The van der Waals surface area contributed by atoms with Crippen molar-refractivity contribution in [1.82, 2.24) is 0 Å². The van der Waals surface area contributed by atoms with Crippen molar-refractivity contribution >= 4 is 22.6 Å². The molecule has 1 aliphatic heterocycles. The van der Waals surface area contributed by atoms with Crippen LogP contribution < -0.4 is 10.1 Å². The van der Waals surface area contributed by atoms with Crippen LogP contribution in [0.15, 0.2) is 29.3 Å². The monoisotopic (exact) mass is 236 g/mol. The number of thioether (sulfide) groups is 1. The number of hydrogen-bond acceptors (Lipinski definition) is 4. The van der Waals surface area contributed by atoms with Gasteiger partial charge in [0.05, 0.1) is 19.3 Å². The molecule has 16 heavy (non-hydrogen) atoms. The number of amidine groups is 1. The van der Waals surface area contributed by atoms with Crippen LogP contribution in [0.25, 0.3) is 0 Å². The van der Waals surface area contributed by atoms with Gasteiger partial charge in [-0.25, -0.2) is 0 Å². The molecule has 3 nitrogen and oxygen atoms in total. The Kier molecular flexibility index (Phi) is 3.72. The second kappa shape index (κ2) is 5.25. The minimum absolute atomic E-state index is 0.622. The van der Waals surface area contributed by atoms with Crippen molar-refractivity contribution in [3.63, 3.8) is 0 Å². The summed E-state index contributed by atoms with van der Waals surface area (Å²) in [6.07, 6.45) is 1.16. The van der Waals surface area contributed by atoms with Gasteiger partial charge in [-0.1, -0.05) is 30.8 Å². The van der Waals surface area contributed by atoms with E-state index >= 15 is 0 Å². The van der Waals surface area contributed by atoms with Crippen LogP contribution in [0.4, 0.5) is 5.69 Å². The molecule has 0 fully saturated rings. The Morgan fingerprint density at radius 1 is 1.50 bits per heavy atom. The summed E-state index contributed by atoms with van der Waals surface area (Å²) in [4.78, 5) is 4.47. The Morgan fingerprint density at radius 3 is 3.00 bits per heavy atom. The molecule has 1 atom stereocenters. The first-order valence-electron chi connectivity index (χ1n) is 5.44. The van der Waals surface area contributed by atoms with E-state index in [0.29, 0.717) is 5.25 Å². The Balaban J connectivity index is 2.04. The van der Waals surface area contributed by atoms with Gasteiger partial charge in [0.15, 0.2) is 5.17 Å². The summed E-state index contributed by atoms with van der Waals surface area (Å²) in [5.41, 5.74) is 0.980. The number of anilines is 1. The van der Waals surface area contributed by atoms with Crippen molar-refractivity contribution in [2.75, 3.05) is 19.0 Å². The van der Waals surface area contributed by atoms with Crippen LogP contribution in [0.3, 0.4) is 0 Å². The van der Waals surface area contributed by atoms with Crippen LogP contribution in [0.2, 0.25) is 0 Å². The molecule has 1 N–H and O–H groups in total. The number of methoxy groups -OCH3 is 1. The highest BCUT2D eigenvalue weighted by Gasteiger charge is 2.18. The molecule has 1 aromatic carbocycles.